The van der Waals surface area contributed by atoms with Crippen molar-refractivity contribution in [3.63, 3.8) is 0 Å². The van der Waals surface area contributed by atoms with Crippen LogP contribution in [0.2, 0.25) is 0 Å². The number of ether oxygens (including phenoxy) is 4. The van der Waals surface area contributed by atoms with Crippen LogP contribution in [0.4, 0.5) is 0 Å². The van der Waals surface area contributed by atoms with Gasteiger partial charge in [-0.05, 0) is 77.8 Å². The third-order valence-corrected chi connectivity index (χ3v) is 9.41. The second-order valence-electron chi connectivity index (χ2n) is 14.8. The molecule has 2 heterocycles. The maximum absolute atomic E-state index is 13.0. The Balaban J connectivity index is 1.32. The average molecular weight is 610 g/mol. The van der Waals surface area contributed by atoms with Crippen molar-refractivity contribution in [3.05, 3.63) is 35.4 Å². The molecule has 44 heavy (non-hydrogen) atoms. The molecule has 5 rings (SSSR count). The van der Waals surface area contributed by atoms with Crippen LogP contribution in [-0.2, 0) is 40.5 Å². The molecule has 1 aromatic carbocycles. The largest absolute Gasteiger partial charge is 0.481 e. The molecule has 2 aliphatic carbocycles. The lowest BCUT2D eigenvalue weighted by atomic mass is 9.53. The summed E-state index contributed by atoms with van der Waals surface area (Å²) in [6.45, 7) is 11.9. The fourth-order valence-corrected chi connectivity index (χ4v) is 7.31. The number of ketones is 1. The van der Waals surface area contributed by atoms with Crippen molar-refractivity contribution in [3.8, 4) is 11.5 Å². The summed E-state index contributed by atoms with van der Waals surface area (Å²) in [4.78, 5) is 52.7. The Labute approximate surface area is 260 Å². The number of hydrogen-bond acceptors (Lipinski definition) is 9. The molecule has 0 radical (unpaired) electrons. The van der Waals surface area contributed by atoms with Crippen molar-refractivity contribution in [2.45, 2.75) is 122 Å². The summed E-state index contributed by atoms with van der Waals surface area (Å²) < 4.78 is 23.9. The van der Waals surface area contributed by atoms with Crippen molar-refractivity contribution in [2.75, 3.05) is 13.6 Å². The van der Waals surface area contributed by atoms with Gasteiger partial charge in [0, 0.05) is 54.0 Å². The summed E-state index contributed by atoms with van der Waals surface area (Å²) in [5.41, 5.74) is 0.826. The minimum Gasteiger partial charge on any atom is -0.481 e. The number of piperidine rings is 1. The molecule has 1 saturated heterocycles. The van der Waals surface area contributed by atoms with E-state index < -0.39 is 40.6 Å². The average Bonchev–Trinajstić information content (AvgIpc) is 3.26. The molecule has 2 bridgehead atoms. The maximum atomic E-state index is 13.0. The second kappa shape index (κ2) is 12.0. The molecule has 1 spiro atoms. The fraction of sp³-hybridized carbons (Fsp3) is 0.657. The van der Waals surface area contributed by atoms with E-state index in [4.69, 9.17) is 18.9 Å². The third kappa shape index (κ3) is 6.30. The molecule has 4 aliphatic rings. The maximum Gasteiger partial charge on any atom is 0.311 e. The van der Waals surface area contributed by atoms with Gasteiger partial charge in [-0.15, -0.1) is 0 Å². The number of esters is 3. The minimum atomic E-state index is -0.616. The van der Waals surface area contributed by atoms with E-state index in [0.717, 1.165) is 24.9 Å². The van der Waals surface area contributed by atoms with Gasteiger partial charge in [-0.3, -0.25) is 19.2 Å². The molecule has 1 aromatic rings. The van der Waals surface area contributed by atoms with E-state index in [2.05, 4.69) is 18.0 Å². The topological polar surface area (TPSA) is 108 Å². The van der Waals surface area contributed by atoms with E-state index in [1.54, 1.807) is 0 Å². The van der Waals surface area contributed by atoms with Gasteiger partial charge in [0.1, 0.15) is 17.5 Å². The fourth-order valence-electron chi connectivity index (χ4n) is 7.31. The van der Waals surface area contributed by atoms with Gasteiger partial charge in [0.15, 0.2) is 17.6 Å². The SMILES string of the molecule is CN1CCC23c4c5ccc(OC(=O)CCCC(=O)C(C)(C)C)c4O[C@H]2[C@@H](OC(=O)CCCC(=O)OC(C)(C)C)C=C[C@H]3C1C5. The molecule has 5 atom stereocenters. The lowest BCUT2D eigenvalue weighted by molar-refractivity contribution is -0.156. The van der Waals surface area contributed by atoms with Gasteiger partial charge in [-0.25, -0.2) is 0 Å². The van der Waals surface area contributed by atoms with Gasteiger partial charge < -0.3 is 23.8 Å². The van der Waals surface area contributed by atoms with E-state index in [1.807, 2.05) is 59.8 Å². The third-order valence-electron chi connectivity index (χ3n) is 9.41. The lowest BCUT2D eigenvalue weighted by Gasteiger charge is -2.56. The van der Waals surface area contributed by atoms with Crippen molar-refractivity contribution in [1.82, 2.24) is 4.90 Å². The highest BCUT2D eigenvalue weighted by Gasteiger charge is 2.65. The van der Waals surface area contributed by atoms with Crippen LogP contribution < -0.4 is 9.47 Å². The number of likely N-dealkylation sites (N-methyl/N-ethyl adjacent to an activating group) is 1. The molecule has 0 aromatic heterocycles. The van der Waals surface area contributed by atoms with Crippen LogP contribution >= 0.6 is 0 Å². The first-order valence-corrected chi connectivity index (χ1v) is 16.0. The summed E-state index contributed by atoms with van der Waals surface area (Å²) in [5.74, 6) is 0.0799. The molecule has 9 heteroatoms. The standard InChI is InChI=1S/C35H47NO8/c1-33(2,3)26(37)10-8-11-27(38)41-24-16-14-21-20-23-22-15-17-25(42-28(39)12-9-13-29(40)44-34(4,5)6)32-35(22,18-19-36(23)7)30(21)31(24)43-32/h14-17,22-23,25,32H,8-13,18-20H2,1-7H3/t22-,23?,25-,32-,35?/m0/s1. The Bertz CT molecular complexity index is 1350. The number of rotatable bonds is 10. The number of benzene rings is 1. The van der Waals surface area contributed by atoms with E-state index in [0.29, 0.717) is 30.8 Å². The van der Waals surface area contributed by atoms with E-state index in [9.17, 15) is 19.2 Å². The first-order valence-electron chi connectivity index (χ1n) is 16.0. The molecule has 240 valence electrons. The molecule has 1 fully saturated rings. The summed E-state index contributed by atoms with van der Waals surface area (Å²) in [6, 6.07) is 4.13. The Morgan fingerprint density at radius 1 is 0.932 bits per heavy atom. The van der Waals surface area contributed by atoms with Gasteiger partial charge >= 0.3 is 17.9 Å². The van der Waals surface area contributed by atoms with Crippen molar-refractivity contribution >= 4 is 23.7 Å². The summed E-state index contributed by atoms with van der Waals surface area (Å²) in [5, 5.41) is 0. The molecule has 2 unspecified atom stereocenters. The zero-order valence-electron chi connectivity index (χ0n) is 27.2. The van der Waals surface area contributed by atoms with Gasteiger partial charge in [0.25, 0.3) is 0 Å². The predicted octanol–water partition coefficient (Wildman–Crippen LogP) is 5.25. The van der Waals surface area contributed by atoms with Crippen molar-refractivity contribution in [1.29, 1.82) is 0 Å². The first-order chi connectivity index (χ1) is 20.6. The quantitative estimate of drug-likeness (QED) is 0.200. The van der Waals surface area contributed by atoms with Crippen LogP contribution in [0, 0.1) is 11.3 Å². The number of likely N-dealkylation sites (tertiary alicyclic amines) is 1. The lowest BCUT2D eigenvalue weighted by Crippen LogP contribution is -2.65. The minimum absolute atomic E-state index is 0.0941. The molecule has 0 saturated carbocycles. The van der Waals surface area contributed by atoms with Crippen LogP contribution in [-0.4, -0.2) is 66.0 Å². The zero-order valence-corrected chi connectivity index (χ0v) is 27.2. The number of carbonyl (C=O) groups excluding carboxylic acids is 4. The highest BCUT2D eigenvalue weighted by molar-refractivity contribution is 5.84. The number of Topliss-reactive ketones (excluding diaryl/α,β-unsaturated/α-hetero) is 1. The van der Waals surface area contributed by atoms with E-state index in [-0.39, 0.29) is 43.0 Å². The zero-order chi connectivity index (χ0) is 32.0. The van der Waals surface area contributed by atoms with Gasteiger partial charge in [0.05, 0.1) is 0 Å². The van der Waals surface area contributed by atoms with E-state index in [1.165, 1.54) is 5.56 Å². The summed E-state index contributed by atoms with van der Waals surface area (Å²) >= 11 is 0. The molecular formula is C35H47NO8. The van der Waals surface area contributed by atoms with Crippen LogP contribution in [0.15, 0.2) is 24.3 Å². The highest BCUT2D eigenvalue weighted by Crippen LogP contribution is 2.62. The molecule has 0 amide bonds. The smallest absolute Gasteiger partial charge is 0.311 e. The van der Waals surface area contributed by atoms with Gasteiger partial charge in [-0.1, -0.05) is 32.9 Å². The van der Waals surface area contributed by atoms with Gasteiger partial charge in [-0.2, -0.15) is 0 Å². The predicted molar refractivity (Wildman–Crippen MR) is 163 cm³/mol. The first kappa shape index (κ1) is 32.2. The van der Waals surface area contributed by atoms with Crippen LogP contribution in [0.5, 0.6) is 11.5 Å². The van der Waals surface area contributed by atoms with Crippen LogP contribution in [0.25, 0.3) is 0 Å². The Morgan fingerprint density at radius 2 is 1.61 bits per heavy atom. The second-order valence-corrected chi connectivity index (χ2v) is 14.8. The molecular weight excluding hydrogens is 562 g/mol. The number of carbonyl (C=O) groups is 4. The normalized spacial score (nSPS) is 26.8. The Hall–Kier alpha value is -3.20. The molecule has 0 N–H and O–H groups in total. The van der Waals surface area contributed by atoms with Gasteiger partial charge in [0.2, 0.25) is 0 Å². The number of hydrogen-bond donors (Lipinski definition) is 0. The van der Waals surface area contributed by atoms with Crippen LogP contribution in [0.3, 0.4) is 0 Å². The molecule has 9 nitrogen and oxygen atoms in total. The number of nitrogens with zero attached hydrogens (tertiary/aromatic N) is 1. The summed E-state index contributed by atoms with van der Waals surface area (Å²) in [7, 11) is 2.15. The Morgan fingerprint density at radius 3 is 2.32 bits per heavy atom. The summed E-state index contributed by atoms with van der Waals surface area (Å²) in [6.07, 6.45) is 6.17. The van der Waals surface area contributed by atoms with Crippen molar-refractivity contribution in [2.24, 2.45) is 11.3 Å². The van der Waals surface area contributed by atoms with Crippen molar-refractivity contribution < 1.29 is 38.1 Å². The highest BCUT2D eigenvalue weighted by atomic mass is 16.6. The molecule has 2 aliphatic heterocycles. The Kier molecular flexibility index (Phi) is 8.75. The van der Waals surface area contributed by atoms with E-state index >= 15 is 0 Å². The monoisotopic (exact) mass is 609 g/mol. The van der Waals surface area contributed by atoms with Crippen LogP contribution in [0.1, 0.15) is 97.6 Å².